The molecule has 0 saturated heterocycles. The van der Waals surface area contributed by atoms with Crippen LogP contribution in [0.15, 0.2) is 11.6 Å². The van der Waals surface area contributed by atoms with Gasteiger partial charge in [-0.15, -0.1) is 0 Å². The lowest BCUT2D eigenvalue weighted by Crippen LogP contribution is -2.51. The lowest BCUT2D eigenvalue weighted by Gasteiger charge is -2.58. The van der Waals surface area contributed by atoms with Crippen LogP contribution >= 0.6 is 0 Å². The van der Waals surface area contributed by atoms with Gasteiger partial charge in [-0.1, -0.05) is 66.0 Å². The van der Waals surface area contributed by atoms with Gasteiger partial charge in [0.05, 0.1) is 0 Å². The van der Waals surface area contributed by atoms with Crippen LogP contribution in [-0.2, 0) is 14.3 Å². The molecule has 3 nitrogen and oxygen atoms in total. The van der Waals surface area contributed by atoms with Gasteiger partial charge in [0.15, 0.2) is 0 Å². The Hall–Kier alpha value is -0.830. The van der Waals surface area contributed by atoms with Crippen molar-refractivity contribution in [3.05, 3.63) is 11.6 Å². The molecule has 36 heavy (non-hydrogen) atoms. The van der Waals surface area contributed by atoms with E-state index in [9.17, 15) is 4.79 Å². The highest BCUT2D eigenvalue weighted by Gasteiger charge is 2.59. The van der Waals surface area contributed by atoms with Crippen LogP contribution in [-0.4, -0.2) is 25.3 Å². The molecule has 0 aromatic heterocycles. The Balaban J connectivity index is 1.41. The molecule has 0 aliphatic heterocycles. The van der Waals surface area contributed by atoms with Gasteiger partial charge in [0.1, 0.15) is 12.7 Å². The van der Waals surface area contributed by atoms with E-state index in [0.717, 1.165) is 54.3 Å². The van der Waals surface area contributed by atoms with Crippen molar-refractivity contribution in [2.24, 2.45) is 52.3 Å². The van der Waals surface area contributed by atoms with E-state index in [-0.39, 0.29) is 18.7 Å². The number of carbonyl (C=O) groups excluding carboxylic acids is 1. The molecule has 0 bridgehead atoms. The van der Waals surface area contributed by atoms with Crippen molar-refractivity contribution < 1.29 is 14.3 Å². The zero-order valence-electron chi connectivity index (χ0n) is 24.6. The lowest BCUT2D eigenvalue weighted by molar-refractivity contribution is -0.156. The number of hydrogen-bond acceptors (Lipinski definition) is 3. The molecule has 3 fully saturated rings. The number of carbonyl (C=O) groups is 1. The molecule has 0 spiro atoms. The number of rotatable bonds is 10. The van der Waals surface area contributed by atoms with E-state index < -0.39 is 0 Å². The topological polar surface area (TPSA) is 35.5 Å². The molecule has 0 amide bonds. The third-order valence-corrected chi connectivity index (χ3v) is 12.0. The van der Waals surface area contributed by atoms with Crippen LogP contribution in [0.25, 0.3) is 0 Å². The molecule has 9 atom stereocenters. The molecule has 0 aromatic carbocycles. The van der Waals surface area contributed by atoms with Crippen LogP contribution in [0.3, 0.4) is 0 Å². The molecule has 206 valence electrons. The minimum Gasteiger partial charge on any atom is -0.460 e. The maximum atomic E-state index is 12.2. The summed E-state index contributed by atoms with van der Waals surface area (Å²) >= 11 is 0. The van der Waals surface area contributed by atoms with Crippen molar-refractivity contribution >= 4 is 5.97 Å². The Labute approximate surface area is 222 Å². The molecule has 4 aliphatic rings. The van der Waals surface area contributed by atoms with Crippen molar-refractivity contribution in [2.75, 3.05) is 13.2 Å². The smallest absolute Gasteiger partial charge is 0.332 e. The number of fused-ring (bicyclic) bond motifs is 5. The first-order valence-electron chi connectivity index (χ1n) is 15.6. The second-order valence-corrected chi connectivity index (χ2v) is 13.9. The van der Waals surface area contributed by atoms with E-state index >= 15 is 0 Å². The third-order valence-electron chi connectivity index (χ3n) is 12.0. The van der Waals surface area contributed by atoms with Crippen molar-refractivity contribution in [3.63, 3.8) is 0 Å². The monoisotopic (exact) mass is 500 g/mol. The lowest BCUT2D eigenvalue weighted by atomic mass is 9.47. The van der Waals surface area contributed by atoms with Crippen LogP contribution in [0.2, 0.25) is 0 Å². The highest BCUT2D eigenvalue weighted by atomic mass is 16.6. The van der Waals surface area contributed by atoms with Crippen LogP contribution in [0.5, 0.6) is 0 Å². The highest BCUT2D eigenvalue weighted by molar-refractivity contribution is 5.71. The van der Waals surface area contributed by atoms with Crippen LogP contribution < -0.4 is 0 Å². The second-order valence-electron chi connectivity index (χ2n) is 13.9. The predicted molar refractivity (Wildman–Crippen MR) is 149 cm³/mol. The minimum absolute atomic E-state index is 0.0391. The summed E-state index contributed by atoms with van der Waals surface area (Å²) in [5.41, 5.74) is 2.44. The zero-order chi connectivity index (χ0) is 26.1. The minimum atomic E-state index is -0.196. The van der Waals surface area contributed by atoms with Gasteiger partial charge >= 0.3 is 5.97 Å². The van der Waals surface area contributed by atoms with Crippen molar-refractivity contribution in [1.29, 1.82) is 0 Å². The van der Waals surface area contributed by atoms with E-state index in [2.05, 4.69) is 47.6 Å². The molecule has 0 N–H and O–H groups in total. The van der Waals surface area contributed by atoms with E-state index in [1.165, 1.54) is 57.8 Å². The summed E-state index contributed by atoms with van der Waals surface area (Å²) in [4.78, 5) is 12.2. The number of hydrogen-bond donors (Lipinski definition) is 0. The maximum absolute atomic E-state index is 12.2. The van der Waals surface area contributed by atoms with Crippen molar-refractivity contribution in [1.82, 2.24) is 0 Å². The Morgan fingerprint density at radius 2 is 1.81 bits per heavy atom. The fourth-order valence-corrected chi connectivity index (χ4v) is 9.80. The molecule has 0 aromatic rings. The van der Waals surface area contributed by atoms with Gasteiger partial charge in [-0.25, -0.2) is 4.79 Å². The molecule has 4 rings (SSSR count). The van der Waals surface area contributed by atoms with Gasteiger partial charge in [0, 0.05) is 13.0 Å². The molecule has 3 heteroatoms. The summed E-state index contributed by atoms with van der Waals surface area (Å²) in [5, 5.41) is 0. The second kappa shape index (κ2) is 11.5. The molecule has 0 unspecified atom stereocenters. The quantitative estimate of drug-likeness (QED) is 0.222. The van der Waals surface area contributed by atoms with Crippen LogP contribution in [0.1, 0.15) is 119 Å². The summed E-state index contributed by atoms with van der Waals surface area (Å²) in [6.45, 7) is 17.6. The summed E-state index contributed by atoms with van der Waals surface area (Å²) in [5.74, 6) is 5.84. The fraction of sp³-hybridized carbons (Fsp3) is 0.909. The Morgan fingerprint density at radius 3 is 2.50 bits per heavy atom. The first-order valence-corrected chi connectivity index (χ1v) is 15.6. The normalized spacial score (nSPS) is 39.6. The largest absolute Gasteiger partial charge is 0.460 e. The van der Waals surface area contributed by atoms with Gasteiger partial charge in [-0.05, 0) is 111 Å². The fourth-order valence-electron chi connectivity index (χ4n) is 9.80. The van der Waals surface area contributed by atoms with E-state index in [0.29, 0.717) is 17.4 Å². The molecule has 4 aliphatic carbocycles. The summed E-state index contributed by atoms with van der Waals surface area (Å²) < 4.78 is 11.1. The summed E-state index contributed by atoms with van der Waals surface area (Å²) in [6, 6.07) is 0. The number of ether oxygens (including phenoxy) is 2. The zero-order valence-corrected chi connectivity index (χ0v) is 24.6. The molecule has 3 saturated carbocycles. The average Bonchev–Trinajstić information content (AvgIpc) is 3.20. The standard InChI is InChI=1S/C33H56O3/c1-8-24(22(3)4)11-10-23(5)28-14-15-29-27-13-12-25-20-26(36-31(34)21-35-9-2)16-18-32(25,6)30(27)17-19-33(28,29)7/h12,22-24,26-30H,8-11,13-21H2,1-7H3/t23-,24-,26+,27+,28-,29+,30+,32+,33-/m1/s1. The first kappa shape index (κ1) is 28.2. The first-order chi connectivity index (χ1) is 17.1. The molecular weight excluding hydrogens is 444 g/mol. The van der Waals surface area contributed by atoms with Crippen molar-refractivity contribution in [2.45, 2.75) is 125 Å². The maximum Gasteiger partial charge on any atom is 0.332 e. The predicted octanol–water partition coefficient (Wildman–Crippen LogP) is 8.61. The molecular formula is C33H56O3. The van der Waals surface area contributed by atoms with E-state index in [4.69, 9.17) is 9.47 Å². The number of esters is 1. The summed E-state index contributed by atoms with van der Waals surface area (Å²) in [6.07, 6.45) is 16.9. The summed E-state index contributed by atoms with van der Waals surface area (Å²) in [7, 11) is 0. The number of allylic oxidation sites excluding steroid dienone is 1. The third kappa shape index (κ3) is 5.34. The van der Waals surface area contributed by atoms with Gasteiger partial charge < -0.3 is 9.47 Å². The SMILES string of the molecule is CCOCC(=O)O[C@H]1CC[C@@]2(C)C(=CC[C@H]3[C@@H]4CC[C@H]([C@H](C)CC[C@@H](CC)C(C)C)[C@@]4(C)CC[C@@H]32)C1. The Kier molecular flexibility index (Phi) is 9.01. The Bertz CT molecular complexity index is 786. The van der Waals surface area contributed by atoms with Gasteiger partial charge in [-0.3, -0.25) is 0 Å². The van der Waals surface area contributed by atoms with Gasteiger partial charge in [0.25, 0.3) is 0 Å². The molecule has 0 radical (unpaired) electrons. The highest BCUT2D eigenvalue weighted by Crippen LogP contribution is 2.67. The van der Waals surface area contributed by atoms with E-state index in [1.54, 1.807) is 5.57 Å². The van der Waals surface area contributed by atoms with Crippen LogP contribution in [0.4, 0.5) is 0 Å². The van der Waals surface area contributed by atoms with Gasteiger partial charge in [-0.2, -0.15) is 0 Å². The van der Waals surface area contributed by atoms with Gasteiger partial charge in [0.2, 0.25) is 0 Å². The average molecular weight is 501 g/mol. The van der Waals surface area contributed by atoms with E-state index in [1.807, 2.05) is 6.92 Å². The molecule has 0 heterocycles. The van der Waals surface area contributed by atoms with Crippen molar-refractivity contribution in [3.8, 4) is 0 Å². The Morgan fingerprint density at radius 1 is 1.03 bits per heavy atom. The van der Waals surface area contributed by atoms with Crippen LogP contribution in [0, 0.1) is 52.3 Å².